The number of amides is 1. The minimum absolute atomic E-state index is 0.0983. The largest absolute Gasteiger partial charge is 0.479 e. The zero-order chi connectivity index (χ0) is 18.6. The average Bonchev–Trinajstić information content (AvgIpc) is 2.56. The van der Waals surface area contributed by atoms with Crippen LogP contribution in [0, 0.1) is 0 Å². The quantitative estimate of drug-likeness (QED) is 0.788. The fourth-order valence-electron chi connectivity index (χ4n) is 2.47. The predicted octanol–water partition coefficient (Wildman–Crippen LogP) is 5.28. The van der Waals surface area contributed by atoms with Crippen LogP contribution in [-0.2, 0) is 10.2 Å². The molecule has 0 radical (unpaired) electrons. The molecule has 0 saturated carbocycles. The van der Waals surface area contributed by atoms with Crippen LogP contribution in [0.3, 0.4) is 0 Å². The minimum atomic E-state index is -0.629. The van der Waals surface area contributed by atoms with Crippen molar-refractivity contribution in [1.29, 1.82) is 0 Å². The normalized spacial score (nSPS) is 13.8. The molecule has 134 valence electrons. The van der Waals surface area contributed by atoms with Crippen molar-refractivity contribution in [3.8, 4) is 5.75 Å². The Balaban J connectivity index is 1.98. The fourth-order valence-corrected chi connectivity index (χ4v) is 2.65. The maximum Gasteiger partial charge on any atom is 0.261 e. The van der Waals surface area contributed by atoms with Crippen molar-refractivity contribution in [2.75, 3.05) is 0 Å². The third-order valence-corrected chi connectivity index (χ3v) is 4.46. The number of nitrogens with one attached hydrogen (secondary N) is 1. The highest BCUT2D eigenvalue weighted by Gasteiger charge is 2.19. The van der Waals surface area contributed by atoms with Gasteiger partial charge < -0.3 is 10.1 Å². The molecule has 0 heterocycles. The van der Waals surface area contributed by atoms with E-state index in [1.54, 1.807) is 19.1 Å². The van der Waals surface area contributed by atoms with Crippen molar-refractivity contribution in [3.05, 3.63) is 64.7 Å². The molecule has 2 aromatic rings. The van der Waals surface area contributed by atoms with E-state index < -0.39 is 6.10 Å². The van der Waals surface area contributed by atoms with Gasteiger partial charge in [-0.3, -0.25) is 4.79 Å². The van der Waals surface area contributed by atoms with Gasteiger partial charge in [-0.1, -0.05) is 68.8 Å². The highest BCUT2D eigenvalue weighted by atomic mass is 35.5. The van der Waals surface area contributed by atoms with Crippen LogP contribution in [0.5, 0.6) is 5.75 Å². The number of hydrogen-bond acceptors (Lipinski definition) is 2. The van der Waals surface area contributed by atoms with Crippen LogP contribution in [0.15, 0.2) is 48.5 Å². The van der Waals surface area contributed by atoms with Gasteiger partial charge in [0.2, 0.25) is 0 Å². The monoisotopic (exact) mass is 359 g/mol. The zero-order valence-corrected chi connectivity index (χ0v) is 16.2. The number of para-hydroxylation sites is 1. The Labute approximate surface area is 155 Å². The lowest BCUT2D eigenvalue weighted by Gasteiger charge is -2.22. The number of rotatable bonds is 5. The number of carbonyl (C=O) groups excluding carboxylic acids is 1. The van der Waals surface area contributed by atoms with Crippen LogP contribution in [0.2, 0.25) is 5.02 Å². The molecule has 0 aliphatic carbocycles. The van der Waals surface area contributed by atoms with Gasteiger partial charge in [0.25, 0.3) is 5.91 Å². The van der Waals surface area contributed by atoms with Crippen LogP contribution >= 0.6 is 11.6 Å². The van der Waals surface area contributed by atoms with Gasteiger partial charge in [0.1, 0.15) is 5.75 Å². The Kier molecular flexibility index (Phi) is 6.12. The van der Waals surface area contributed by atoms with E-state index in [4.69, 9.17) is 16.3 Å². The molecular formula is C21H26ClNO2. The van der Waals surface area contributed by atoms with Crippen molar-refractivity contribution in [3.63, 3.8) is 0 Å². The summed E-state index contributed by atoms with van der Waals surface area (Å²) >= 11 is 6.07. The molecular weight excluding hydrogens is 334 g/mol. The molecule has 0 spiro atoms. The minimum Gasteiger partial charge on any atom is -0.479 e. The van der Waals surface area contributed by atoms with E-state index in [1.165, 1.54) is 5.56 Å². The van der Waals surface area contributed by atoms with Crippen LogP contribution in [0.25, 0.3) is 0 Å². The molecule has 0 fully saturated rings. The summed E-state index contributed by atoms with van der Waals surface area (Å²) in [5, 5.41) is 3.48. The van der Waals surface area contributed by atoms with E-state index in [0.717, 1.165) is 5.56 Å². The number of hydrogen-bond donors (Lipinski definition) is 1. The van der Waals surface area contributed by atoms with E-state index in [-0.39, 0.29) is 17.4 Å². The molecule has 2 atom stereocenters. The molecule has 1 amide bonds. The highest BCUT2D eigenvalue weighted by molar-refractivity contribution is 6.32. The summed E-state index contributed by atoms with van der Waals surface area (Å²) in [4.78, 5) is 12.4. The topological polar surface area (TPSA) is 38.3 Å². The molecule has 0 aromatic heterocycles. The Morgan fingerprint density at radius 1 is 1.04 bits per heavy atom. The summed E-state index contributed by atoms with van der Waals surface area (Å²) in [5.74, 6) is 0.335. The Bertz CT molecular complexity index is 719. The number of ether oxygens (including phenoxy) is 1. The third-order valence-electron chi connectivity index (χ3n) is 4.15. The number of carbonyl (C=O) groups is 1. The summed E-state index contributed by atoms with van der Waals surface area (Å²) in [6.07, 6.45) is -0.629. The molecule has 1 N–H and O–H groups in total. The number of halogens is 1. The summed E-state index contributed by atoms with van der Waals surface area (Å²) < 4.78 is 5.66. The smallest absolute Gasteiger partial charge is 0.261 e. The first-order valence-corrected chi connectivity index (χ1v) is 8.88. The highest BCUT2D eigenvalue weighted by Crippen LogP contribution is 2.25. The van der Waals surface area contributed by atoms with E-state index in [1.807, 2.05) is 19.1 Å². The van der Waals surface area contributed by atoms with E-state index in [0.29, 0.717) is 10.8 Å². The Hall–Kier alpha value is -2.00. The van der Waals surface area contributed by atoms with Gasteiger partial charge in [-0.2, -0.15) is 0 Å². The van der Waals surface area contributed by atoms with Crippen LogP contribution < -0.4 is 10.1 Å². The zero-order valence-electron chi connectivity index (χ0n) is 15.5. The van der Waals surface area contributed by atoms with Crippen LogP contribution in [0.4, 0.5) is 0 Å². The molecule has 4 heteroatoms. The van der Waals surface area contributed by atoms with Crippen molar-refractivity contribution in [2.24, 2.45) is 0 Å². The first-order chi connectivity index (χ1) is 11.7. The summed E-state index contributed by atoms with van der Waals surface area (Å²) in [6.45, 7) is 10.2. The van der Waals surface area contributed by atoms with E-state index in [9.17, 15) is 4.79 Å². The third kappa shape index (κ3) is 5.23. The van der Waals surface area contributed by atoms with E-state index >= 15 is 0 Å². The summed E-state index contributed by atoms with van der Waals surface area (Å²) in [7, 11) is 0. The summed E-state index contributed by atoms with van der Waals surface area (Å²) in [5.41, 5.74) is 2.44. The first kappa shape index (κ1) is 19.3. The van der Waals surface area contributed by atoms with Crippen molar-refractivity contribution in [2.45, 2.75) is 52.2 Å². The average molecular weight is 360 g/mol. The Morgan fingerprint density at radius 3 is 2.20 bits per heavy atom. The fraction of sp³-hybridized carbons (Fsp3) is 0.381. The van der Waals surface area contributed by atoms with E-state index in [2.05, 4.69) is 50.4 Å². The predicted molar refractivity (Wildman–Crippen MR) is 103 cm³/mol. The van der Waals surface area contributed by atoms with Crippen LogP contribution in [-0.4, -0.2) is 12.0 Å². The standard InChI is InChI=1S/C21H26ClNO2/c1-14(16-10-12-17(13-11-16)21(3,4)5)23-20(24)15(2)25-19-9-7-6-8-18(19)22/h6-15H,1-5H3,(H,23,24)/t14-,15-/m0/s1. The van der Waals surface area contributed by atoms with Crippen molar-refractivity contribution < 1.29 is 9.53 Å². The van der Waals surface area contributed by atoms with Gasteiger partial charge in [-0.25, -0.2) is 0 Å². The molecule has 25 heavy (non-hydrogen) atoms. The first-order valence-electron chi connectivity index (χ1n) is 8.50. The van der Waals surface area contributed by atoms with Gasteiger partial charge in [0, 0.05) is 0 Å². The lowest BCUT2D eigenvalue weighted by Crippen LogP contribution is -2.37. The molecule has 0 unspecified atom stereocenters. The molecule has 2 rings (SSSR count). The molecule has 3 nitrogen and oxygen atoms in total. The van der Waals surface area contributed by atoms with Gasteiger partial charge in [-0.05, 0) is 42.5 Å². The lowest BCUT2D eigenvalue weighted by molar-refractivity contribution is -0.127. The number of benzene rings is 2. The molecule has 2 aromatic carbocycles. The summed E-state index contributed by atoms with van der Waals surface area (Å²) in [6, 6.07) is 15.4. The molecule has 0 saturated heterocycles. The second-order valence-corrected chi connectivity index (χ2v) is 7.70. The maximum absolute atomic E-state index is 12.4. The lowest BCUT2D eigenvalue weighted by atomic mass is 9.86. The SMILES string of the molecule is C[C@H](Oc1ccccc1Cl)C(=O)N[C@@H](C)c1ccc(C(C)(C)C)cc1. The van der Waals surface area contributed by atoms with Gasteiger partial charge in [0.15, 0.2) is 6.10 Å². The van der Waals surface area contributed by atoms with Crippen LogP contribution in [0.1, 0.15) is 51.8 Å². The van der Waals surface area contributed by atoms with Gasteiger partial charge in [0.05, 0.1) is 11.1 Å². The van der Waals surface area contributed by atoms with Gasteiger partial charge >= 0.3 is 0 Å². The second-order valence-electron chi connectivity index (χ2n) is 7.29. The second kappa shape index (κ2) is 7.92. The van der Waals surface area contributed by atoms with Crippen molar-refractivity contribution >= 4 is 17.5 Å². The van der Waals surface area contributed by atoms with Gasteiger partial charge in [-0.15, -0.1) is 0 Å². The molecule has 0 bridgehead atoms. The maximum atomic E-state index is 12.4. The van der Waals surface area contributed by atoms with Crippen molar-refractivity contribution in [1.82, 2.24) is 5.32 Å². The molecule has 0 aliphatic heterocycles. The molecule has 0 aliphatic rings. The Morgan fingerprint density at radius 2 is 1.64 bits per heavy atom.